The van der Waals surface area contributed by atoms with E-state index in [1.54, 1.807) is 11.8 Å². The van der Waals surface area contributed by atoms with Crippen molar-refractivity contribution in [3.05, 3.63) is 36.4 Å². The Kier molecular flexibility index (Phi) is 4.05. The van der Waals surface area contributed by atoms with Gasteiger partial charge in [0.15, 0.2) is 0 Å². The number of rotatable bonds is 4. The standard InChI is InChI=1S/C12H18OSSi/c1-10(13-15(3,4)5)11-6-8-12(14-2)9-7-11/h6-9H,1H2,2-5H3. The van der Waals surface area contributed by atoms with Crippen molar-refractivity contribution in [3.63, 3.8) is 0 Å². The van der Waals surface area contributed by atoms with Gasteiger partial charge in [0.2, 0.25) is 8.32 Å². The second kappa shape index (κ2) is 4.90. The van der Waals surface area contributed by atoms with Gasteiger partial charge in [0, 0.05) is 10.5 Å². The Morgan fingerprint density at radius 3 is 2.13 bits per heavy atom. The fraction of sp³-hybridized carbons (Fsp3) is 0.333. The van der Waals surface area contributed by atoms with Gasteiger partial charge in [-0.1, -0.05) is 18.7 Å². The fourth-order valence-electron chi connectivity index (χ4n) is 1.21. The third-order valence-corrected chi connectivity index (χ3v) is 3.44. The largest absolute Gasteiger partial charge is 0.544 e. The molecular weight excluding hydrogens is 220 g/mol. The normalized spacial score (nSPS) is 11.2. The van der Waals surface area contributed by atoms with Crippen LogP contribution in [0.4, 0.5) is 0 Å². The van der Waals surface area contributed by atoms with Gasteiger partial charge in [-0.2, -0.15) is 0 Å². The maximum absolute atomic E-state index is 5.83. The van der Waals surface area contributed by atoms with Crippen LogP contribution in [0.25, 0.3) is 5.76 Å². The molecule has 1 rings (SSSR count). The highest BCUT2D eigenvalue weighted by Gasteiger charge is 2.17. The average Bonchev–Trinajstić information content (AvgIpc) is 2.15. The molecule has 0 unspecified atom stereocenters. The van der Waals surface area contributed by atoms with E-state index in [2.05, 4.69) is 56.7 Å². The van der Waals surface area contributed by atoms with Gasteiger partial charge in [-0.3, -0.25) is 0 Å². The van der Waals surface area contributed by atoms with Gasteiger partial charge in [-0.05, 0) is 38.0 Å². The quantitative estimate of drug-likeness (QED) is 0.441. The van der Waals surface area contributed by atoms with Crippen molar-refractivity contribution in [1.82, 2.24) is 0 Å². The monoisotopic (exact) mass is 238 g/mol. The van der Waals surface area contributed by atoms with Crippen molar-refractivity contribution >= 4 is 25.8 Å². The van der Waals surface area contributed by atoms with Crippen LogP contribution in [0.5, 0.6) is 0 Å². The topological polar surface area (TPSA) is 9.23 Å². The van der Waals surface area contributed by atoms with E-state index < -0.39 is 8.32 Å². The molecule has 15 heavy (non-hydrogen) atoms. The Morgan fingerprint density at radius 1 is 1.20 bits per heavy atom. The summed E-state index contributed by atoms with van der Waals surface area (Å²) in [6.07, 6.45) is 2.07. The summed E-state index contributed by atoms with van der Waals surface area (Å²) in [7, 11) is -1.53. The summed E-state index contributed by atoms with van der Waals surface area (Å²) in [5.41, 5.74) is 1.08. The molecule has 0 saturated carbocycles. The van der Waals surface area contributed by atoms with Crippen molar-refractivity contribution in [3.8, 4) is 0 Å². The lowest BCUT2D eigenvalue weighted by Crippen LogP contribution is -2.24. The third-order valence-electron chi connectivity index (χ3n) is 1.84. The minimum absolute atomic E-state index is 0.793. The summed E-state index contributed by atoms with van der Waals surface area (Å²) in [6, 6.07) is 8.32. The van der Waals surface area contributed by atoms with Gasteiger partial charge in [0.1, 0.15) is 5.76 Å². The van der Waals surface area contributed by atoms with E-state index in [-0.39, 0.29) is 0 Å². The van der Waals surface area contributed by atoms with E-state index >= 15 is 0 Å². The van der Waals surface area contributed by atoms with Crippen LogP contribution in [0, 0.1) is 0 Å². The minimum Gasteiger partial charge on any atom is -0.544 e. The van der Waals surface area contributed by atoms with Crippen LogP contribution in [0.1, 0.15) is 5.56 Å². The van der Waals surface area contributed by atoms with Crippen molar-refractivity contribution in [2.45, 2.75) is 24.5 Å². The zero-order valence-corrected chi connectivity index (χ0v) is 11.6. The number of benzene rings is 1. The summed E-state index contributed by atoms with van der Waals surface area (Å²) in [4.78, 5) is 1.26. The molecule has 0 fully saturated rings. The van der Waals surface area contributed by atoms with Crippen LogP contribution in [0.3, 0.4) is 0 Å². The first-order valence-corrected chi connectivity index (χ1v) is 9.58. The SMILES string of the molecule is C=C(O[Si](C)(C)C)c1ccc(SC)cc1. The Bertz CT molecular complexity index is 338. The van der Waals surface area contributed by atoms with E-state index in [1.165, 1.54) is 4.90 Å². The van der Waals surface area contributed by atoms with E-state index in [0.29, 0.717) is 0 Å². The molecule has 0 aliphatic heterocycles. The molecular formula is C12H18OSSi. The second-order valence-corrected chi connectivity index (χ2v) is 9.67. The van der Waals surface area contributed by atoms with Gasteiger partial charge in [0.25, 0.3) is 0 Å². The van der Waals surface area contributed by atoms with Crippen molar-refractivity contribution in [1.29, 1.82) is 0 Å². The molecule has 0 spiro atoms. The van der Waals surface area contributed by atoms with Crippen molar-refractivity contribution in [2.75, 3.05) is 6.26 Å². The Morgan fingerprint density at radius 2 is 1.73 bits per heavy atom. The molecule has 0 N–H and O–H groups in total. The van der Waals surface area contributed by atoms with Crippen LogP contribution < -0.4 is 0 Å². The van der Waals surface area contributed by atoms with E-state index in [1.807, 2.05) is 0 Å². The average molecular weight is 238 g/mol. The Labute approximate surface area is 97.7 Å². The highest BCUT2D eigenvalue weighted by Crippen LogP contribution is 2.22. The molecule has 0 bridgehead atoms. The molecule has 1 aromatic rings. The molecule has 0 heterocycles. The van der Waals surface area contributed by atoms with E-state index in [9.17, 15) is 0 Å². The molecule has 0 radical (unpaired) electrons. The molecule has 82 valence electrons. The molecule has 0 aromatic heterocycles. The smallest absolute Gasteiger partial charge is 0.242 e. The molecule has 1 aromatic carbocycles. The summed E-state index contributed by atoms with van der Waals surface area (Å²) >= 11 is 1.74. The summed E-state index contributed by atoms with van der Waals surface area (Å²) in [6.45, 7) is 10.5. The summed E-state index contributed by atoms with van der Waals surface area (Å²) in [5, 5.41) is 0. The van der Waals surface area contributed by atoms with Crippen LogP contribution in [-0.2, 0) is 4.43 Å². The molecule has 0 atom stereocenters. The van der Waals surface area contributed by atoms with Gasteiger partial charge in [-0.15, -0.1) is 11.8 Å². The van der Waals surface area contributed by atoms with Crippen LogP contribution in [-0.4, -0.2) is 14.6 Å². The highest BCUT2D eigenvalue weighted by molar-refractivity contribution is 7.98. The summed E-state index contributed by atoms with van der Waals surface area (Å²) in [5.74, 6) is 0.793. The Balaban J connectivity index is 2.75. The van der Waals surface area contributed by atoms with Gasteiger partial charge >= 0.3 is 0 Å². The van der Waals surface area contributed by atoms with E-state index in [0.717, 1.165) is 11.3 Å². The lowest BCUT2D eigenvalue weighted by Gasteiger charge is -2.21. The molecule has 0 saturated heterocycles. The highest BCUT2D eigenvalue weighted by atomic mass is 32.2. The van der Waals surface area contributed by atoms with Crippen LogP contribution in [0.15, 0.2) is 35.7 Å². The van der Waals surface area contributed by atoms with Gasteiger partial charge in [-0.25, -0.2) is 0 Å². The zero-order valence-electron chi connectivity index (χ0n) is 9.83. The molecule has 0 aliphatic rings. The maximum atomic E-state index is 5.83. The van der Waals surface area contributed by atoms with Crippen molar-refractivity contribution in [2.24, 2.45) is 0 Å². The zero-order chi connectivity index (χ0) is 11.5. The van der Waals surface area contributed by atoms with Gasteiger partial charge < -0.3 is 4.43 Å². The first kappa shape index (κ1) is 12.4. The van der Waals surface area contributed by atoms with Gasteiger partial charge in [0.05, 0.1) is 0 Å². The van der Waals surface area contributed by atoms with Crippen LogP contribution in [0.2, 0.25) is 19.6 Å². The number of thioether (sulfide) groups is 1. The molecule has 0 amide bonds. The first-order valence-electron chi connectivity index (χ1n) is 4.95. The maximum Gasteiger partial charge on any atom is 0.242 e. The molecule has 0 aliphatic carbocycles. The first-order chi connectivity index (χ1) is 6.92. The Hall–Kier alpha value is -0.673. The predicted octanol–water partition coefficient (Wildman–Crippen LogP) is 4.23. The van der Waals surface area contributed by atoms with E-state index in [4.69, 9.17) is 4.43 Å². The second-order valence-electron chi connectivity index (χ2n) is 4.37. The predicted molar refractivity (Wildman–Crippen MR) is 71.7 cm³/mol. The van der Waals surface area contributed by atoms with Crippen molar-refractivity contribution < 1.29 is 4.43 Å². The lowest BCUT2D eigenvalue weighted by molar-refractivity contribution is 0.516. The number of hydrogen-bond acceptors (Lipinski definition) is 2. The lowest BCUT2D eigenvalue weighted by atomic mass is 10.2. The fourth-order valence-corrected chi connectivity index (χ4v) is 2.47. The molecule has 3 heteroatoms. The van der Waals surface area contributed by atoms with Crippen LogP contribution >= 0.6 is 11.8 Å². The number of hydrogen-bond donors (Lipinski definition) is 0. The third kappa shape index (κ3) is 4.14. The minimum atomic E-state index is -1.53. The summed E-state index contributed by atoms with van der Waals surface area (Å²) < 4.78 is 5.83. The molecule has 1 nitrogen and oxygen atoms in total.